The first-order chi connectivity index (χ1) is 23.3. The van der Waals surface area contributed by atoms with E-state index in [4.69, 9.17) is 9.47 Å². The molecular weight excluding hydrogens is 678 g/mol. The Morgan fingerprint density at radius 3 is 2.40 bits per heavy atom. The Hall–Kier alpha value is -3.80. The van der Waals surface area contributed by atoms with Crippen LogP contribution in [0.3, 0.4) is 0 Å². The number of allylic oxidation sites excluding steroid dienone is 1. The maximum atomic E-state index is 14.9. The number of cyclic esters (lactones) is 1. The van der Waals surface area contributed by atoms with Gasteiger partial charge in [-0.3, -0.25) is 19.2 Å². The third-order valence-corrected chi connectivity index (χ3v) is 10.4. The van der Waals surface area contributed by atoms with Crippen LogP contribution in [0.1, 0.15) is 55.7 Å². The Morgan fingerprint density at radius 2 is 1.65 bits per heavy atom. The summed E-state index contributed by atoms with van der Waals surface area (Å²) in [6.45, 7) is 0.921. The third kappa shape index (κ3) is 6.86. The Balaban J connectivity index is 1.39. The zero-order chi connectivity index (χ0) is 33.7. The van der Waals surface area contributed by atoms with Crippen molar-refractivity contribution >= 4 is 39.6 Å². The highest BCUT2D eigenvalue weighted by atomic mass is 79.9. The molecule has 2 N–H and O–H groups in total. The van der Waals surface area contributed by atoms with Crippen LogP contribution in [0.25, 0.3) is 0 Å². The molecule has 0 aromatic heterocycles. The van der Waals surface area contributed by atoms with Gasteiger partial charge in [-0.1, -0.05) is 102 Å². The van der Waals surface area contributed by atoms with Crippen molar-refractivity contribution in [1.82, 2.24) is 15.1 Å². The first-order valence-electron chi connectivity index (χ1n) is 16.8. The molecule has 0 radical (unpaired) electrons. The van der Waals surface area contributed by atoms with Crippen molar-refractivity contribution in [2.75, 3.05) is 26.3 Å². The number of rotatable bonds is 9. The van der Waals surface area contributed by atoms with E-state index in [0.717, 1.165) is 24.0 Å². The second kappa shape index (κ2) is 15.2. The molecule has 10 nitrogen and oxygen atoms in total. The van der Waals surface area contributed by atoms with Crippen LogP contribution in [-0.2, 0) is 35.2 Å². The maximum absolute atomic E-state index is 14.9. The predicted molar refractivity (Wildman–Crippen MR) is 181 cm³/mol. The number of amides is 3. The van der Waals surface area contributed by atoms with Gasteiger partial charge < -0.3 is 29.7 Å². The SMILES string of the molecule is O=C1CC/C=C\CN(Cc2ccccc2)C(=O)[C@@H]2N(CCCCCCO)C(=O)[C@H]3[C@H](C(=O)N[C@H](c4ccccc4)CO1)[C@H]1O[C@@]23C=C1Br. The number of ether oxygens (including phenoxy) is 2. The fraction of sp³-hybridized carbons (Fsp3) is 0.459. The molecule has 3 amide bonds. The molecule has 6 atom stereocenters. The Morgan fingerprint density at radius 1 is 0.917 bits per heavy atom. The molecule has 6 rings (SSSR count). The second-order valence-electron chi connectivity index (χ2n) is 12.9. The van der Waals surface area contributed by atoms with E-state index in [1.54, 1.807) is 9.80 Å². The fourth-order valence-corrected chi connectivity index (χ4v) is 8.17. The van der Waals surface area contributed by atoms with E-state index in [1.165, 1.54) is 0 Å². The van der Waals surface area contributed by atoms with Gasteiger partial charge in [0.15, 0.2) is 0 Å². The molecule has 2 fully saturated rings. The molecule has 48 heavy (non-hydrogen) atoms. The lowest BCUT2D eigenvalue weighted by Crippen LogP contribution is -2.55. The summed E-state index contributed by atoms with van der Waals surface area (Å²) in [4.78, 5) is 59.8. The number of halogens is 1. The van der Waals surface area contributed by atoms with Gasteiger partial charge in [0.1, 0.15) is 24.4 Å². The minimum Gasteiger partial charge on any atom is -0.463 e. The van der Waals surface area contributed by atoms with Gasteiger partial charge in [-0.2, -0.15) is 0 Å². The molecule has 0 aliphatic carbocycles. The summed E-state index contributed by atoms with van der Waals surface area (Å²) in [6.07, 6.45) is 8.29. The highest BCUT2D eigenvalue weighted by molar-refractivity contribution is 9.11. The van der Waals surface area contributed by atoms with E-state index in [-0.39, 0.29) is 38.0 Å². The molecule has 2 aromatic rings. The van der Waals surface area contributed by atoms with E-state index >= 15 is 0 Å². The molecule has 5 bridgehead atoms. The molecule has 0 unspecified atom stereocenters. The van der Waals surface area contributed by atoms with Gasteiger partial charge in [-0.25, -0.2) is 0 Å². The number of aliphatic hydroxyl groups excluding tert-OH is 1. The standard InChI is InChI=1S/C37H42BrN3O7/c38-27-22-37-31-30(32(27)48-37)34(44)39-28(26-16-8-4-9-17-26)24-47-29(43)18-10-5-11-19-40(23-25-14-6-3-7-15-25)36(46)33(37)41(35(31)45)20-12-1-2-13-21-42/h3-9,11,14-17,22,28,30-33,42H,1-2,10,12-13,18-21,23-24H2,(H,39,44)/b11-5-/t28-,30-,31+,32-,33-,37+/m0/s1. The molecule has 4 aliphatic rings. The molecule has 4 heterocycles. The van der Waals surface area contributed by atoms with E-state index in [1.807, 2.05) is 78.9 Å². The van der Waals surface area contributed by atoms with Crippen molar-refractivity contribution in [3.8, 4) is 0 Å². The maximum Gasteiger partial charge on any atom is 0.306 e. The summed E-state index contributed by atoms with van der Waals surface area (Å²) in [7, 11) is 0. The van der Waals surface area contributed by atoms with E-state index < -0.39 is 47.5 Å². The number of aliphatic hydroxyl groups is 1. The predicted octanol–water partition coefficient (Wildman–Crippen LogP) is 4.19. The van der Waals surface area contributed by atoms with Crippen molar-refractivity contribution in [1.29, 1.82) is 0 Å². The fourth-order valence-electron chi connectivity index (χ4n) is 7.44. The second-order valence-corrected chi connectivity index (χ2v) is 13.8. The third-order valence-electron chi connectivity index (χ3n) is 9.73. The number of hydrogen-bond acceptors (Lipinski definition) is 7. The summed E-state index contributed by atoms with van der Waals surface area (Å²) >= 11 is 3.63. The van der Waals surface area contributed by atoms with Gasteiger partial charge in [0.05, 0.1) is 17.9 Å². The number of carbonyl (C=O) groups excluding carboxylic acids is 4. The van der Waals surface area contributed by atoms with E-state index in [9.17, 15) is 24.3 Å². The van der Waals surface area contributed by atoms with Crippen LogP contribution in [0.15, 0.2) is 83.4 Å². The molecule has 4 aliphatic heterocycles. The number of unbranched alkanes of at least 4 members (excludes halogenated alkanes) is 3. The molecule has 2 aromatic carbocycles. The lowest BCUT2D eigenvalue weighted by atomic mass is 9.74. The highest BCUT2D eigenvalue weighted by Crippen LogP contribution is 2.58. The molecular formula is C37H42BrN3O7. The van der Waals surface area contributed by atoms with Crippen molar-refractivity contribution < 1.29 is 33.8 Å². The average molecular weight is 721 g/mol. The smallest absolute Gasteiger partial charge is 0.306 e. The monoisotopic (exact) mass is 719 g/mol. The summed E-state index contributed by atoms with van der Waals surface area (Å²) in [5.74, 6) is -3.18. The van der Waals surface area contributed by atoms with Crippen molar-refractivity contribution in [2.24, 2.45) is 11.8 Å². The Kier molecular flexibility index (Phi) is 10.8. The number of fused-ring (bicyclic) bond motifs is 2. The topological polar surface area (TPSA) is 125 Å². The zero-order valence-corrected chi connectivity index (χ0v) is 28.4. The van der Waals surface area contributed by atoms with Gasteiger partial charge in [0.2, 0.25) is 17.7 Å². The van der Waals surface area contributed by atoms with Gasteiger partial charge in [0, 0.05) is 37.1 Å². The lowest BCUT2D eigenvalue weighted by molar-refractivity contribution is -0.148. The number of benzene rings is 2. The van der Waals surface area contributed by atoms with Crippen molar-refractivity contribution in [3.63, 3.8) is 0 Å². The van der Waals surface area contributed by atoms with Gasteiger partial charge in [-0.05, 0) is 36.5 Å². The quantitative estimate of drug-likeness (QED) is 0.226. The van der Waals surface area contributed by atoms with Gasteiger partial charge in [-0.15, -0.1) is 0 Å². The molecule has 1 spiro atoms. The van der Waals surface area contributed by atoms with Crippen molar-refractivity contribution in [2.45, 2.75) is 68.9 Å². The Bertz CT molecular complexity index is 1550. The van der Waals surface area contributed by atoms with Crippen molar-refractivity contribution in [3.05, 3.63) is 94.5 Å². The minimum atomic E-state index is -1.34. The molecule has 254 valence electrons. The number of hydrogen-bond donors (Lipinski definition) is 2. The number of nitrogens with zero attached hydrogens (tertiary/aromatic N) is 2. The van der Waals surface area contributed by atoms with Crippen LogP contribution < -0.4 is 5.32 Å². The average Bonchev–Trinajstić information content (AvgIpc) is 3.69. The largest absolute Gasteiger partial charge is 0.463 e. The molecule has 0 saturated carbocycles. The van der Waals surface area contributed by atoms with E-state index in [2.05, 4.69) is 21.2 Å². The van der Waals surface area contributed by atoms with Crippen LogP contribution in [0, 0.1) is 11.8 Å². The highest BCUT2D eigenvalue weighted by Gasteiger charge is 2.74. The first-order valence-corrected chi connectivity index (χ1v) is 17.6. The zero-order valence-electron chi connectivity index (χ0n) is 26.8. The first kappa shape index (κ1) is 34.1. The number of nitrogens with one attached hydrogen (secondary N) is 1. The van der Waals surface area contributed by atoms with Gasteiger partial charge >= 0.3 is 5.97 Å². The van der Waals surface area contributed by atoms with Crippen LogP contribution in [0.5, 0.6) is 0 Å². The Labute approximate surface area is 289 Å². The minimum absolute atomic E-state index is 0.0662. The van der Waals surface area contributed by atoms with E-state index in [0.29, 0.717) is 36.8 Å². The molecule has 11 heteroatoms. The lowest BCUT2D eigenvalue weighted by Gasteiger charge is -2.36. The number of esters is 1. The van der Waals surface area contributed by atoms with Crippen LogP contribution >= 0.6 is 15.9 Å². The van der Waals surface area contributed by atoms with Crippen LogP contribution in [-0.4, -0.2) is 82.6 Å². The van der Waals surface area contributed by atoms with Gasteiger partial charge in [0.25, 0.3) is 0 Å². The van der Waals surface area contributed by atoms with Crippen LogP contribution in [0.4, 0.5) is 0 Å². The summed E-state index contributed by atoms with van der Waals surface area (Å²) in [5, 5.41) is 12.3. The number of carbonyl (C=O) groups is 4. The number of likely N-dealkylation sites (tertiary alicyclic amines) is 1. The summed E-state index contributed by atoms with van der Waals surface area (Å²) in [5.41, 5.74) is 0.350. The summed E-state index contributed by atoms with van der Waals surface area (Å²) < 4.78 is 12.9. The normalized spacial score (nSPS) is 29.8. The van der Waals surface area contributed by atoms with Crippen LogP contribution in [0.2, 0.25) is 0 Å². The summed E-state index contributed by atoms with van der Waals surface area (Å²) in [6, 6.07) is 17.3. The molecule has 2 saturated heterocycles.